The minimum Gasteiger partial charge on any atom is -0.319 e. The van der Waals surface area contributed by atoms with Crippen LogP contribution in [0.5, 0.6) is 0 Å². The summed E-state index contributed by atoms with van der Waals surface area (Å²) in [6.45, 7) is 1.83. The van der Waals surface area contributed by atoms with E-state index in [0.717, 1.165) is 5.56 Å². The molecule has 1 aromatic heterocycles. The molecule has 2 N–H and O–H groups in total. The van der Waals surface area contributed by atoms with Crippen LogP contribution in [-0.2, 0) is 0 Å². The van der Waals surface area contributed by atoms with Crippen LogP contribution in [0.3, 0.4) is 0 Å². The van der Waals surface area contributed by atoms with Crippen LogP contribution in [-0.4, -0.2) is 21.3 Å². The molecule has 0 saturated carbocycles. The number of H-pyrrole nitrogens is 1. The number of anilines is 1. The molecule has 0 fully saturated rings. The van der Waals surface area contributed by atoms with Crippen LogP contribution in [0, 0.1) is 6.92 Å². The van der Waals surface area contributed by atoms with E-state index >= 15 is 0 Å². The average molecular weight is 271 g/mol. The zero-order valence-electron chi connectivity index (χ0n) is 8.79. The minimum absolute atomic E-state index is 0.178. The molecule has 0 unspecified atom stereocenters. The minimum atomic E-state index is -0.402. The first-order valence-electron chi connectivity index (χ1n) is 4.70. The van der Waals surface area contributed by atoms with Gasteiger partial charge in [0.25, 0.3) is 5.91 Å². The summed E-state index contributed by atoms with van der Waals surface area (Å²) in [6.07, 6.45) is 1.32. The van der Waals surface area contributed by atoms with E-state index < -0.39 is 5.91 Å². The van der Waals surface area contributed by atoms with Crippen molar-refractivity contribution in [2.24, 2.45) is 0 Å². The Kier molecular flexibility index (Phi) is 3.31. The van der Waals surface area contributed by atoms with E-state index in [1.165, 1.54) is 6.20 Å². The van der Waals surface area contributed by atoms with Gasteiger partial charge in [-0.1, -0.05) is 23.2 Å². The molecule has 0 bridgehead atoms. The van der Waals surface area contributed by atoms with E-state index in [0.29, 0.717) is 15.7 Å². The molecule has 0 aliphatic rings. The van der Waals surface area contributed by atoms with E-state index in [-0.39, 0.29) is 5.69 Å². The number of carbonyl (C=O) groups is 1. The monoisotopic (exact) mass is 270 g/mol. The third kappa shape index (κ3) is 2.57. The molecule has 88 valence electrons. The highest BCUT2D eigenvalue weighted by Gasteiger charge is 2.12. The predicted molar refractivity (Wildman–Crippen MR) is 65.5 cm³/mol. The number of aromatic amines is 1. The van der Waals surface area contributed by atoms with Gasteiger partial charge in [0.05, 0.1) is 16.9 Å². The third-order valence-electron chi connectivity index (χ3n) is 2.14. The zero-order valence-corrected chi connectivity index (χ0v) is 10.3. The van der Waals surface area contributed by atoms with Gasteiger partial charge in [-0.2, -0.15) is 15.4 Å². The van der Waals surface area contributed by atoms with Crippen LogP contribution < -0.4 is 5.32 Å². The SMILES string of the molecule is Cc1cc(Cl)c(NC(=O)c2cn[nH]n2)cc1Cl. The molecule has 0 saturated heterocycles. The molecule has 2 rings (SSSR count). The van der Waals surface area contributed by atoms with E-state index in [1.54, 1.807) is 12.1 Å². The molecule has 0 aliphatic heterocycles. The Morgan fingerprint density at radius 1 is 1.35 bits per heavy atom. The van der Waals surface area contributed by atoms with Crippen LogP contribution in [0.2, 0.25) is 10.0 Å². The maximum atomic E-state index is 11.7. The van der Waals surface area contributed by atoms with Crippen molar-refractivity contribution < 1.29 is 4.79 Å². The van der Waals surface area contributed by atoms with Crippen molar-refractivity contribution >= 4 is 34.8 Å². The number of amides is 1. The highest BCUT2D eigenvalue weighted by atomic mass is 35.5. The Balaban J connectivity index is 2.25. The van der Waals surface area contributed by atoms with E-state index in [1.807, 2.05) is 6.92 Å². The van der Waals surface area contributed by atoms with Crippen molar-refractivity contribution in [2.45, 2.75) is 6.92 Å². The Morgan fingerprint density at radius 3 is 2.76 bits per heavy atom. The van der Waals surface area contributed by atoms with Crippen molar-refractivity contribution in [3.05, 3.63) is 39.6 Å². The molecule has 0 radical (unpaired) electrons. The molecule has 1 aromatic carbocycles. The fourth-order valence-electron chi connectivity index (χ4n) is 1.24. The molecule has 5 nitrogen and oxygen atoms in total. The van der Waals surface area contributed by atoms with Gasteiger partial charge < -0.3 is 5.32 Å². The molecule has 17 heavy (non-hydrogen) atoms. The first-order chi connectivity index (χ1) is 8.08. The van der Waals surface area contributed by atoms with Gasteiger partial charge in [0.1, 0.15) is 0 Å². The number of aromatic nitrogens is 3. The summed E-state index contributed by atoms with van der Waals surface area (Å²) in [6, 6.07) is 3.28. The standard InChI is InChI=1S/C10H8Cl2N4O/c1-5-2-7(12)8(3-6(5)11)14-10(17)9-4-13-16-15-9/h2-4H,1H3,(H,14,17)(H,13,15,16). The van der Waals surface area contributed by atoms with Crippen LogP contribution >= 0.6 is 23.2 Å². The lowest BCUT2D eigenvalue weighted by molar-refractivity contribution is 0.102. The highest BCUT2D eigenvalue weighted by molar-refractivity contribution is 6.36. The lowest BCUT2D eigenvalue weighted by Gasteiger charge is -2.07. The molecule has 0 spiro atoms. The Bertz CT molecular complexity index is 554. The first kappa shape index (κ1) is 11.9. The van der Waals surface area contributed by atoms with Crippen LogP contribution in [0.25, 0.3) is 0 Å². The fraction of sp³-hybridized carbons (Fsp3) is 0.100. The number of hydrogen-bond acceptors (Lipinski definition) is 3. The smallest absolute Gasteiger partial charge is 0.277 e. The van der Waals surface area contributed by atoms with Gasteiger partial charge in [0.2, 0.25) is 0 Å². The van der Waals surface area contributed by atoms with Gasteiger partial charge in [0.15, 0.2) is 5.69 Å². The third-order valence-corrected chi connectivity index (χ3v) is 2.86. The summed E-state index contributed by atoms with van der Waals surface area (Å²) in [5.74, 6) is -0.402. The number of aryl methyl sites for hydroxylation is 1. The fourth-order valence-corrected chi connectivity index (χ4v) is 1.67. The van der Waals surface area contributed by atoms with Gasteiger partial charge in [-0.05, 0) is 24.6 Å². The summed E-state index contributed by atoms with van der Waals surface area (Å²) in [7, 11) is 0. The van der Waals surface area contributed by atoms with Crippen LogP contribution in [0.1, 0.15) is 16.1 Å². The molecular weight excluding hydrogens is 263 g/mol. The van der Waals surface area contributed by atoms with Crippen molar-refractivity contribution in [3.63, 3.8) is 0 Å². The molecule has 2 aromatic rings. The number of rotatable bonds is 2. The van der Waals surface area contributed by atoms with Crippen molar-refractivity contribution in [3.8, 4) is 0 Å². The van der Waals surface area contributed by atoms with Crippen molar-refractivity contribution in [1.29, 1.82) is 0 Å². The van der Waals surface area contributed by atoms with Gasteiger partial charge >= 0.3 is 0 Å². The maximum absolute atomic E-state index is 11.7. The van der Waals surface area contributed by atoms with E-state index in [9.17, 15) is 4.79 Å². The summed E-state index contributed by atoms with van der Waals surface area (Å²) in [5.41, 5.74) is 1.46. The lowest BCUT2D eigenvalue weighted by atomic mass is 10.2. The lowest BCUT2D eigenvalue weighted by Crippen LogP contribution is -2.12. The normalized spacial score (nSPS) is 10.3. The molecular formula is C10H8Cl2N4O. The summed E-state index contributed by atoms with van der Waals surface area (Å²) in [5, 5.41) is 13.1. The Labute approximate surface area is 107 Å². The highest BCUT2D eigenvalue weighted by Crippen LogP contribution is 2.28. The summed E-state index contributed by atoms with van der Waals surface area (Å²) in [4.78, 5) is 11.7. The number of nitrogens with one attached hydrogen (secondary N) is 2. The maximum Gasteiger partial charge on any atom is 0.277 e. The Morgan fingerprint density at radius 2 is 2.12 bits per heavy atom. The van der Waals surface area contributed by atoms with Gasteiger partial charge in [0, 0.05) is 5.02 Å². The average Bonchev–Trinajstić information content (AvgIpc) is 2.79. The topological polar surface area (TPSA) is 70.7 Å². The van der Waals surface area contributed by atoms with Gasteiger partial charge in [-0.25, -0.2) is 0 Å². The number of hydrogen-bond donors (Lipinski definition) is 2. The molecule has 1 amide bonds. The number of benzene rings is 1. The summed E-state index contributed by atoms with van der Waals surface area (Å²) >= 11 is 11.9. The van der Waals surface area contributed by atoms with Gasteiger partial charge in [-0.3, -0.25) is 4.79 Å². The van der Waals surface area contributed by atoms with Crippen molar-refractivity contribution in [2.75, 3.05) is 5.32 Å². The second kappa shape index (κ2) is 4.73. The number of halogens is 2. The second-order valence-electron chi connectivity index (χ2n) is 3.39. The number of carbonyl (C=O) groups excluding carboxylic acids is 1. The molecule has 0 atom stereocenters. The predicted octanol–water partition coefficient (Wildman–Crippen LogP) is 2.67. The molecule has 1 heterocycles. The van der Waals surface area contributed by atoms with E-state index in [2.05, 4.69) is 20.7 Å². The Hall–Kier alpha value is -1.59. The second-order valence-corrected chi connectivity index (χ2v) is 4.21. The zero-order chi connectivity index (χ0) is 12.4. The van der Waals surface area contributed by atoms with Crippen LogP contribution in [0.4, 0.5) is 5.69 Å². The first-order valence-corrected chi connectivity index (χ1v) is 5.46. The van der Waals surface area contributed by atoms with Crippen molar-refractivity contribution in [1.82, 2.24) is 15.4 Å². The number of nitrogens with zero attached hydrogens (tertiary/aromatic N) is 2. The largest absolute Gasteiger partial charge is 0.319 e. The summed E-state index contributed by atoms with van der Waals surface area (Å²) < 4.78 is 0. The quantitative estimate of drug-likeness (QED) is 0.882. The van der Waals surface area contributed by atoms with Gasteiger partial charge in [-0.15, -0.1) is 0 Å². The molecule has 7 heteroatoms. The van der Waals surface area contributed by atoms with E-state index in [4.69, 9.17) is 23.2 Å². The van der Waals surface area contributed by atoms with Crippen LogP contribution in [0.15, 0.2) is 18.3 Å². The molecule has 0 aliphatic carbocycles.